The first-order chi connectivity index (χ1) is 28.0. The minimum absolute atomic E-state index is 0.0324. The van der Waals surface area contributed by atoms with Crippen molar-refractivity contribution in [2.24, 2.45) is 0 Å². The van der Waals surface area contributed by atoms with Gasteiger partial charge in [-0.2, -0.15) is 0 Å². The van der Waals surface area contributed by atoms with E-state index < -0.39 is 0 Å². The lowest BCUT2D eigenvalue weighted by atomic mass is 9.43. The summed E-state index contributed by atoms with van der Waals surface area (Å²) in [6.45, 7) is 32.6. The van der Waals surface area contributed by atoms with Crippen LogP contribution in [0.1, 0.15) is 130 Å². The van der Waals surface area contributed by atoms with Crippen LogP contribution < -0.4 is 25.4 Å². The summed E-state index contributed by atoms with van der Waals surface area (Å²) in [7, 11) is 0. The highest BCUT2D eigenvalue weighted by Crippen LogP contribution is 2.60. The van der Waals surface area contributed by atoms with Gasteiger partial charge in [0.25, 0.3) is 0 Å². The Labute approximate surface area is 363 Å². The summed E-state index contributed by atoms with van der Waals surface area (Å²) in [5, 5.41) is 0. The van der Waals surface area contributed by atoms with Crippen molar-refractivity contribution in [3.63, 3.8) is 0 Å². The molecular weight excluding hydrogens is 747 g/mol. The Kier molecular flexibility index (Phi) is 8.25. The second kappa shape index (κ2) is 12.6. The third kappa shape index (κ3) is 5.85. The van der Waals surface area contributed by atoms with Crippen molar-refractivity contribution in [2.75, 3.05) is 9.71 Å². The first-order valence-corrected chi connectivity index (χ1v) is 22.7. The topological polar surface area (TPSA) is 15.7 Å². The summed E-state index contributed by atoms with van der Waals surface area (Å²) >= 11 is 1.87. The molecule has 0 saturated carbocycles. The molecule has 3 nitrogen and oxygen atoms in total. The number of anilines is 5. The molecule has 5 heteroatoms. The van der Waals surface area contributed by atoms with E-state index in [9.17, 15) is 0 Å². The van der Waals surface area contributed by atoms with Crippen LogP contribution in [0.25, 0.3) is 11.1 Å². The molecule has 0 radical (unpaired) electrons. The zero-order valence-electron chi connectivity index (χ0n) is 38.1. The van der Waals surface area contributed by atoms with Gasteiger partial charge in [0.2, 0.25) is 0 Å². The van der Waals surface area contributed by atoms with Crippen LogP contribution in [-0.4, -0.2) is 6.85 Å². The van der Waals surface area contributed by atoms with E-state index in [2.05, 4.69) is 210 Å². The number of rotatable bonds is 1. The van der Waals surface area contributed by atoms with Gasteiger partial charge in [0, 0.05) is 37.8 Å². The van der Waals surface area contributed by atoms with E-state index in [4.69, 9.17) is 4.74 Å². The molecule has 10 rings (SSSR count). The molecule has 0 atom stereocenters. The molecule has 0 aromatic heterocycles. The van der Waals surface area contributed by atoms with E-state index in [-0.39, 0.29) is 33.9 Å². The van der Waals surface area contributed by atoms with Gasteiger partial charge in [-0.1, -0.05) is 157 Å². The highest BCUT2D eigenvalue weighted by molar-refractivity contribution is 7.99. The fraction of sp³-hybridized carbons (Fsp3) is 0.345. The average molecular weight is 807 g/mol. The Morgan fingerprint density at radius 2 is 1.12 bits per heavy atom. The number of fused-ring (bicyclic) bond motifs is 8. The predicted octanol–water partition coefficient (Wildman–Crippen LogP) is 14.5. The van der Waals surface area contributed by atoms with Gasteiger partial charge >= 0.3 is 6.85 Å². The Hall–Kier alpha value is -4.87. The fourth-order valence-corrected chi connectivity index (χ4v) is 11.4. The molecular formula is C55H59BN2OS. The second-order valence-corrected chi connectivity index (χ2v) is 23.5. The first kappa shape index (κ1) is 39.3. The number of hydrogen-bond acceptors (Lipinski definition) is 4. The van der Waals surface area contributed by atoms with E-state index in [1.54, 1.807) is 0 Å². The van der Waals surface area contributed by atoms with Crippen LogP contribution in [0.3, 0.4) is 0 Å². The van der Waals surface area contributed by atoms with Gasteiger partial charge < -0.3 is 14.4 Å². The lowest BCUT2D eigenvalue weighted by Gasteiger charge is -2.49. The van der Waals surface area contributed by atoms with E-state index >= 15 is 0 Å². The summed E-state index contributed by atoms with van der Waals surface area (Å²) in [5.74, 6) is 1.86. The molecule has 60 heavy (non-hydrogen) atoms. The van der Waals surface area contributed by atoms with Crippen molar-refractivity contribution in [2.45, 2.75) is 134 Å². The van der Waals surface area contributed by atoms with E-state index in [1.807, 2.05) is 11.8 Å². The lowest BCUT2D eigenvalue weighted by Crippen LogP contribution is -2.62. The summed E-state index contributed by atoms with van der Waals surface area (Å²) in [4.78, 5) is 7.85. The molecule has 0 saturated heterocycles. The molecule has 0 N–H and O–H groups in total. The second-order valence-electron chi connectivity index (χ2n) is 22.4. The minimum atomic E-state index is -0.187. The molecule has 0 fully saturated rings. The maximum Gasteiger partial charge on any atom is 0.333 e. The van der Waals surface area contributed by atoms with Crippen LogP contribution in [0.15, 0.2) is 113 Å². The monoisotopic (exact) mass is 806 g/mol. The fourth-order valence-electron chi connectivity index (χ4n) is 9.95. The van der Waals surface area contributed by atoms with Crippen LogP contribution in [0.5, 0.6) is 11.5 Å². The Balaban J connectivity index is 1.32. The maximum atomic E-state index is 7.25. The van der Waals surface area contributed by atoms with Gasteiger partial charge in [-0.15, -0.1) is 0 Å². The largest absolute Gasteiger partial charge is 0.453 e. The highest BCUT2D eigenvalue weighted by Gasteiger charge is 2.50. The van der Waals surface area contributed by atoms with Gasteiger partial charge in [-0.3, -0.25) is 0 Å². The van der Waals surface area contributed by atoms with Crippen LogP contribution in [0.2, 0.25) is 0 Å². The van der Waals surface area contributed by atoms with Crippen molar-refractivity contribution in [1.82, 2.24) is 0 Å². The third-order valence-electron chi connectivity index (χ3n) is 13.7. The smallest absolute Gasteiger partial charge is 0.333 e. The SMILES string of the molecule is CC(C)(C)c1ccc(N2c3cc(C(C)(C)C)ccc3B3c4c(cc(C(C)(C)C)cc42)-c2cc(C(C)(C)C)cc4c2N3c2cc3c(cc2O4)Sc2ccccc2C3(C)C)cc1. The van der Waals surface area contributed by atoms with E-state index in [0.29, 0.717) is 0 Å². The molecule has 4 aliphatic heterocycles. The van der Waals surface area contributed by atoms with E-state index in [0.717, 1.165) is 17.2 Å². The average Bonchev–Trinajstić information content (AvgIpc) is 3.16. The molecule has 0 bridgehead atoms. The first-order valence-electron chi connectivity index (χ1n) is 21.9. The number of ether oxygens (including phenoxy) is 1. The van der Waals surface area contributed by atoms with Gasteiger partial charge in [-0.25, -0.2) is 0 Å². The predicted molar refractivity (Wildman–Crippen MR) is 258 cm³/mol. The van der Waals surface area contributed by atoms with Gasteiger partial charge in [0.1, 0.15) is 0 Å². The number of benzene rings is 6. The molecule has 6 aromatic carbocycles. The van der Waals surface area contributed by atoms with Crippen LogP contribution in [-0.2, 0) is 27.1 Å². The summed E-state index contributed by atoms with van der Waals surface area (Å²) in [5.41, 5.74) is 18.8. The zero-order chi connectivity index (χ0) is 42.6. The molecule has 0 unspecified atom stereocenters. The third-order valence-corrected chi connectivity index (χ3v) is 14.8. The Bertz CT molecular complexity index is 2790. The van der Waals surface area contributed by atoms with Crippen LogP contribution in [0, 0.1) is 0 Å². The zero-order valence-corrected chi connectivity index (χ0v) is 38.9. The summed E-state index contributed by atoms with van der Waals surface area (Å²) < 4.78 is 7.25. The minimum Gasteiger partial charge on any atom is -0.453 e. The Morgan fingerprint density at radius 1 is 0.517 bits per heavy atom. The number of nitrogens with zero attached hydrogens (tertiary/aromatic N) is 2. The summed E-state index contributed by atoms with van der Waals surface area (Å²) in [6, 6.07) is 40.3. The molecule has 0 spiro atoms. The lowest BCUT2D eigenvalue weighted by molar-refractivity contribution is 0.471. The van der Waals surface area contributed by atoms with Crippen molar-refractivity contribution in [1.29, 1.82) is 0 Å². The van der Waals surface area contributed by atoms with Crippen molar-refractivity contribution in [3.8, 4) is 22.6 Å². The number of hydrogen-bond donors (Lipinski definition) is 0. The quantitative estimate of drug-likeness (QED) is 0.154. The molecule has 6 aromatic rings. The molecule has 4 heterocycles. The van der Waals surface area contributed by atoms with Gasteiger partial charge in [0.05, 0.1) is 11.4 Å². The Morgan fingerprint density at radius 3 is 1.78 bits per heavy atom. The standard InChI is InChI=1S/C55H59BN2OS/c1-51(2,3)32-19-22-36(23-20-32)57-42-27-33(52(4,5)6)21-24-41(42)56-49-37(25-34(28-44(49)57)53(7,8)9)38-26-35(54(10,11)12)29-46-50(38)58(56)43-30-40-48(31-45(43)59-46)60-47-18-16-15-17-39(47)55(40,13)14/h15-31H,1-14H3. The maximum absolute atomic E-state index is 7.25. The van der Waals surface area contributed by atoms with Crippen LogP contribution in [0.4, 0.5) is 28.4 Å². The molecule has 304 valence electrons. The van der Waals surface area contributed by atoms with Crippen LogP contribution >= 0.6 is 11.8 Å². The highest BCUT2D eigenvalue weighted by atomic mass is 32.2. The van der Waals surface area contributed by atoms with Gasteiger partial charge in [-0.05, 0) is 126 Å². The molecule has 4 aliphatic rings. The van der Waals surface area contributed by atoms with Crippen molar-refractivity contribution >= 4 is 58.0 Å². The van der Waals surface area contributed by atoms with Gasteiger partial charge in [0.15, 0.2) is 11.5 Å². The van der Waals surface area contributed by atoms with E-state index in [1.165, 1.54) is 88.0 Å². The summed E-state index contributed by atoms with van der Waals surface area (Å²) in [6.07, 6.45) is 0. The van der Waals surface area contributed by atoms with Crippen molar-refractivity contribution < 1.29 is 4.74 Å². The van der Waals surface area contributed by atoms with Crippen molar-refractivity contribution in [3.05, 3.63) is 137 Å². The normalized spacial score (nSPS) is 15.9. The molecule has 0 aliphatic carbocycles. The molecule has 0 amide bonds.